The number of hydrogen-bond acceptors (Lipinski definition) is 2. The third-order valence-electron chi connectivity index (χ3n) is 8.60. The van der Waals surface area contributed by atoms with E-state index in [1.54, 1.807) is 0 Å². The molecule has 0 fully saturated rings. The Kier molecular flexibility index (Phi) is 6.87. The first kappa shape index (κ1) is 27.2. The highest BCUT2D eigenvalue weighted by molar-refractivity contribution is 6.11. The minimum Gasteiger partial charge on any atom is -0.355 e. The summed E-state index contributed by atoms with van der Waals surface area (Å²) >= 11 is 0. The summed E-state index contributed by atoms with van der Waals surface area (Å²) < 4.78 is 2.25. The first-order valence-electron chi connectivity index (χ1n) is 15.4. The molecule has 0 aliphatic rings. The van der Waals surface area contributed by atoms with Gasteiger partial charge in [-0.1, -0.05) is 109 Å². The van der Waals surface area contributed by atoms with Crippen LogP contribution in [0, 0.1) is 11.3 Å². The first-order valence-corrected chi connectivity index (χ1v) is 15.4. The molecule has 0 atom stereocenters. The average molecular weight is 588 g/mol. The van der Waals surface area contributed by atoms with E-state index in [-0.39, 0.29) is 0 Å². The Balaban J connectivity index is 1.24. The summed E-state index contributed by atoms with van der Waals surface area (Å²) in [4.78, 5) is 0. The number of aromatic nitrogens is 1. The molecule has 8 rings (SSSR count). The molecule has 1 aromatic heterocycles. The first-order chi connectivity index (χ1) is 22.7. The highest BCUT2D eigenvalue weighted by atomic mass is 15.0. The van der Waals surface area contributed by atoms with Crippen molar-refractivity contribution in [2.45, 2.75) is 0 Å². The smallest absolute Gasteiger partial charge is 0.0992 e. The maximum Gasteiger partial charge on any atom is 0.0992 e. The molecule has 0 saturated heterocycles. The maximum atomic E-state index is 9.66. The molecule has 1 heterocycles. The third-order valence-corrected chi connectivity index (χ3v) is 8.60. The SMILES string of the molecule is N#Cc1ccc2c3cc(-c4ccc(Nc5cccc(-c6ccccc6)c5)c(-c5ccccc5)c4)ccc3n(-c3ccccc3)c2c1. The molecular formula is C43H29N3. The highest BCUT2D eigenvalue weighted by Crippen LogP contribution is 2.39. The van der Waals surface area contributed by atoms with Crippen molar-refractivity contribution in [3.63, 3.8) is 0 Å². The van der Waals surface area contributed by atoms with Crippen LogP contribution in [0.5, 0.6) is 0 Å². The Labute approximate surface area is 268 Å². The molecule has 0 unspecified atom stereocenters. The van der Waals surface area contributed by atoms with Crippen molar-refractivity contribution >= 4 is 33.2 Å². The zero-order chi connectivity index (χ0) is 30.9. The molecule has 0 spiro atoms. The van der Waals surface area contributed by atoms with Crippen LogP contribution in [-0.2, 0) is 0 Å². The highest BCUT2D eigenvalue weighted by Gasteiger charge is 2.15. The second-order valence-electron chi connectivity index (χ2n) is 11.4. The van der Waals surface area contributed by atoms with E-state index in [9.17, 15) is 5.26 Å². The predicted molar refractivity (Wildman–Crippen MR) is 192 cm³/mol. The minimum atomic E-state index is 0.651. The van der Waals surface area contributed by atoms with Crippen LogP contribution < -0.4 is 5.32 Å². The van der Waals surface area contributed by atoms with Crippen LogP contribution >= 0.6 is 0 Å². The molecule has 0 bridgehead atoms. The third kappa shape index (κ3) is 4.99. The topological polar surface area (TPSA) is 40.8 Å². The zero-order valence-electron chi connectivity index (χ0n) is 25.1. The van der Waals surface area contributed by atoms with Gasteiger partial charge in [0.25, 0.3) is 0 Å². The van der Waals surface area contributed by atoms with Gasteiger partial charge in [-0.15, -0.1) is 0 Å². The van der Waals surface area contributed by atoms with Gasteiger partial charge in [-0.3, -0.25) is 0 Å². The van der Waals surface area contributed by atoms with Crippen molar-refractivity contribution in [3.8, 4) is 45.1 Å². The van der Waals surface area contributed by atoms with Crippen LogP contribution in [0.4, 0.5) is 11.4 Å². The molecule has 3 heteroatoms. The quantitative estimate of drug-likeness (QED) is 0.210. The lowest BCUT2D eigenvalue weighted by molar-refractivity contribution is 1.18. The average Bonchev–Trinajstić information content (AvgIpc) is 3.46. The fourth-order valence-corrected chi connectivity index (χ4v) is 6.38. The summed E-state index contributed by atoms with van der Waals surface area (Å²) in [7, 11) is 0. The van der Waals surface area contributed by atoms with Gasteiger partial charge in [0, 0.05) is 33.4 Å². The van der Waals surface area contributed by atoms with E-state index < -0.39 is 0 Å². The van der Waals surface area contributed by atoms with E-state index in [2.05, 4.69) is 149 Å². The predicted octanol–water partition coefficient (Wildman–Crippen LogP) is 11.4. The Morgan fingerprint density at radius 3 is 1.87 bits per heavy atom. The van der Waals surface area contributed by atoms with E-state index in [1.807, 2.05) is 36.4 Å². The normalized spacial score (nSPS) is 11.0. The number of nitrogens with one attached hydrogen (secondary N) is 1. The molecule has 46 heavy (non-hydrogen) atoms. The van der Waals surface area contributed by atoms with E-state index in [0.29, 0.717) is 5.56 Å². The van der Waals surface area contributed by atoms with Crippen LogP contribution in [0.25, 0.3) is 60.9 Å². The number of nitrogens with zero attached hydrogens (tertiary/aromatic N) is 2. The van der Waals surface area contributed by atoms with Crippen LogP contribution in [0.15, 0.2) is 170 Å². The number of benzene rings is 7. The Morgan fingerprint density at radius 2 is 1.11 bits per heavy atom. The van der Waals surface area contributed by atoms with Crippen molar-refractivity contribution in [2.75, 3.05) is 5.32 Å². The minimum absolute atomic E-state index is 0.651. The Bertz CT molecular complexity index is 2380. The van der Waals surface area contributed by atoms with Crippen molar-refractivity contribution in [2.24, 2.45) is 0 Å². The standard InChI is InChI=1S/C43H29N3/c44-29-30-19-22-38-40-28-35(21-24-42(40)46(43(38)25-30)37-17-8-3-9-18-37)34-20-23-41(39(27-34)32-13-6-2-7-14-32)45-36-16-10-15-33(26-36)31-11-4-1-5-12-31/h1-28,45H. The summed E-state index contributed by atoms with van der Waals surface area (Å²) in [6.07, 6.45) is 0. The summed E-state index contributed by atoms with van der Waals surface area (Å²) in [5.41, 5.74) is 12.9. The molecule has 8 aromatic rings. The second-order valence-corrected chi connectivity index (χ2v) is 11.4. The van der Waals surface area contributed by atoms with Crippen molar-refractivity contribution in [1.82, 2.24) is 4.57 Å². The van der Waals surface area contributed by atoms with Crippen LogP contribution in [-0.4, -0.2) is 4.57 Å². The van der Waals surface area contributed by atoms with Gasteiger partial charge < -0.3 is 9.88 Å². The molecular weight excluding hydrogens is 558 g/mol. The number of hydrogen-bond donors (Lipinski definition) is 1. The Morgan fingerprint density at radius 1 is 0.457 bits per heavy atom. The molecule has 0 aliphatic heterocycles. The largest absolute Gasteiger partial charge is 0.355 e. The van der Waals surface area contributed by atoms with Gasteiger partial charge in [-0.25, -0.2) is 0 Å². The number of rotatable bonds is 6. The molecule has 0 aliphatic carbocycles. The van der Waals surface area contributed by atoms with E-state index in [0.717, 1.165) is 61.1 Å². The number of fused-ring (bicyclic) bond motifs is 3. The van der Waals surface area contributed by atoms with Crippen LogP contribution in [0.1, 0.15) is 5.56 Å². The molecule has 7 aromatic carbocycles. The van der Waals surface area contributed by atoms with Crippen molar-refractivity contribution in [1.29, 1.82) is 5.26 Å². The number of nitriles is 1. The summed E-state index contributed by atoms with van der Waals surface area (Å²) in [6.45, 7) is 0. The molecule has 0 saturated carbocycles. The van der Waals surface area contributed by atoms with Gasteiger partial charge in [0.15, 0.2) is 0 Å². The second kappa shape index (κ2) is 11.6. The van der Waals surface area contributed by atoms with Gasteiger partial charge in [0.1, 0.15) is 0 Å². The molecule has 216 valence electrons. The van der Waals surface area contributed by atoms with Gasteiger partial charge in [-0.2, -0.15) is 5.26 Å². The summed E-state index contributed by atoms with van der Waals surface area (Å²) in [6, 6.07) is 61.5. The van der Waals surface area contributed by atoms with E-state index in [1.165, 1.54) is 11.1 Å². The van der Waals surface area contributed by atoms with Crippen LogP contribution in [0.3, 0.4) is 0 Å². The van der Waals surface area contributed by atoms with Gasteiger partial charge in [-0.05, 0) is 88.5 Å². The molecule has 1 N–H and O–H groups in total. The van der Waals surface area contributed by atoms with Gasteiger partial charge in [0.2, 0.25) is 0 Å². The molecule has 0 amide bonds. The van der Waals surface area contributed by atoms with Crippen LogP contribution in [0.2, 0.25) is 0 Å². The Hall–Kier alpha value is -6.37. The number of anilines is 2. The van der Waals surface area contributed by atoms with Crippen molar-refractivity contribution < 1.29 is 0 Å². The lowest BCUT2D eigenvalue weighted by Crippen LogP contribution is -1.95. The monoisotopic (exact) mass is 587 g/mol. The summed E-state index contributed by atoms with van der Waals surface area (Å²) in [5, 5.41) is 15.7. The van der Waals surface area contributed by atoms with Crippen molar-refractivity contribution in [3.05, 3.63) is 175 Å². The van der Waals surface area contributed by atoms with E-state index >= 15 is 0 Å². The maximum absolute atomic E-state index is 9.66. The van der Waals surface area contributed by atoms with Gasteiger partial charge in [0.05, 0.1) is 22.7 Å². The molecule has 3 nitrogen and oxygen atoms in total. The fraction of sp³-hybridized carbons (Fsp3) is 0. The molecule has 0 radical (unpaired) electrons. The zero-order valence-corrected chi connectivity index (χ0v) is 25.1. The lowest BCUT2D eigenvalue weighted by atomic mass is 9.96. The lowest BCUT2D eigenvalue weighted by Gasteiger charge is -2.16. The van der Waals surface area contributed by atoms with E-state index in [4.69, 9.17) is 0 Å². The number of para-hydroxylation sites is 1. The fourth-order valence-electron chi connectivity index (χ4n) is 6.38. The van der Waals surface area contributed by atoms with Gasteiger partial charge >= 0.3 is 0 Å². The summed E-state index contributed by atoms with van der Waals surface area (Å²) in [5.74, 6) is 0.